The highest BCUT2D eigenvalue weighted by atomic mass is 35.5. The predicted molar refractivity (Wildman–Crippen MR) is 83.2 cm³/mol. The highest BCUT2D eigenvalue weighted by molar-refractivity contribution is 6.28. The molecule has 1 fully saturated rings. The van der Waals surface area contributed by atoms with Gasteiger partial charge in [0.15, 0.2) is 0 Å². The van der Waals surface area contributed by atoms with Gasteiger partial charge in [-0.05, 0) is 36.8 Å². The van der Waals surface area contributed by atoms with Gasteiger partial charge in [0, 0.05) is 13.1 Å². The van der Waals surface area contributed by atoms with Crippen LogP contribution in [-0.4, -0.2) is 28.0 Å². The Balaban J connectivity index is 1.78. The van der Waals surface area contributed by atoms with Gasteiger partial charge in [-0.2, -0.15) is 15.0 Å². The van der Waals surface area contributed by atoms with Crippen LogP contribution in [0.4, 0.5) is 11.9 Å². The van der Waals surface area contributed by atoms with Gasteiger partial charge in [0.05, 0.1) is 0 Å². The zero-order chi connectivity index (χ0) is 14.4. The Bertz CT molecular complexity index is 418. The smallest absolute Gasteiger partial charge is 0.228 e. The lowest BCUT2D eigenvalue weighted by molar-refractivity contribution is 0.282. The number of nitrogens with zero attached hydrogens (tertiary/aromatic N) is 3. The molecule has 1 aliphatic carbocycles. The molecule has 1 aromatic rings. The lowest BCUT2D eigenvalue weighted by Crippen LogP contribution is -2.17. The molecule has 2 N–H and O–H groups in total. The van der Waals surface area contributed by atoms with Crippen LogP contribution in [0.15, 0.2) is 0 Å². The monoisotopic (exact) mass is 297 g/mol. The van der Waals surface area contributed by atoms with Crippen LogP contribution in [-0.2, 0) is 0 Å². The topological polar surface area (TPSA) is 62.7 Å². The van der Waals surface area contributed by atoms with Crippen LogP contribution in [0.2, 0.25) is 5.28 Å². The van der Waals surface area contributed by atoms with Crippen LogP contribution in [0.3, 0.4) is 0 Å². The lowest BCUT2D eigenvalue weighted by Gasteiger charge is -2.26. The van der Waals surface area contributed by atoms with Crippen molar-refractivity contribution in [2.45, 2.75) is 46.0 Å². The molecule has 1 heterocycles. The average molecular weight is 298 g/mol. The van der Waals surface area contributed by atoms with Crippen LogP contribution in [0.25, 0.3) is 0 Å². The van der Waals surface area contributed by atoms with E-state index in [0.29, 0.717) is 11.9 Å². The highest BCUT2D eigenvalue weighted by Crippen LogP contribution is 2.30. The molecule has 5 nitrogen and oxygen atoms in total. The summed E-state index contributed by atoms with van der Waals surface area (Å²) >= 11 is 5.89. The molecule has 20 heavy (non-hydrogen) atoms. The number of hydrogen-bond donors (Lipinski definition) is 2. The van der Waals surface area contributed by atoms with E-state index in [1.165, 1.54) is 32.1 Å². The Morgan fingerprint density at radius 3 is 2.35 bits per heavy atom. The second kappa shape index (κ2) is 7.62. The Labute approximate surface area is 126 Å². The van der Waals surface area contributed by atoms with E-state index in [-0.39, 0.29) is 5.28 Å². The third-order valence-corrected chi connectivity index (χ3v) is 4.08. The molecule has 1 saturated carbocycles. The Morgan fingerprint density at radius 1 is 1.05 bits per heavy atom. The van der Waals surface area contributed by atoms with Crippen LogP contribution in [0, 0.1) is 11.8 Å². The first-order chi connectivity index (χ1) is 9.67. The van der Waals surface area contributed by atoms with Gasteiger partial charge < -0.3 is 10.6 Å². The Kier molecular flexibility index (Phi) is 5.83. The Morgan fingerprint density at radius 2 is 1.70 bits per heavy atom. The van der Waals surface area contributed by atoms with Gasteiger partial charge >= 0.3 is 0 Å². The molecule has 2 rings (SSSR count). The summed E-state index contributed by atoms with van der Waals surface area (Å²) in [5.41, 5.74) is 0. The number of hydrogen-bond acceptors (Lipinski definition) is 5. The number of halogens is 1. The maximum atomic E-state index is 5.89. The maximum absolute atomic E-state index is 5.89. The van der Waals surface area contributed by atoms with E-state index in [1.54, 1.807) is 0 Å². The summed E-state index contributed by atoms with van der Waals surface area (Å²) in [6.07, 6.45) is 6.61. The van der Waals surface area contributed by atoms with E-state index < -0.39 is 0 Å². The third-order valence-electron chi connectivity index (χ3n) is 3.91. The van der Waals surface area contributed by atoms with E-state index in [0.717, 1.165) is 24.9 Å². The molecule has 0 saturated heterocycles. The van der Waals surface area contributed by atoms with Crippen molar-refractivity contribution in [2.75, 3.05) is 23.7 Å². The standard InChI is InChI=1S/C14H24ClN5/c1-3-16-13-18-12(15)19-14(20-13)17-9-8-11-6-4-10(2)5-7-11/h10-11H,3-9H2,1-2H3,(H2,16,17,18,19,20). The second-order valence-corrected chi connectivity index (χ2v) is 5.96. The van der Waals surface area contributed by atoms with Gasteiger partial charge in [-0.15, -0.1) is 0 Å². The molecular formula is C14H24ClN5. The molecule has 0 bridgehead atoms. The molecule has 0 aromatic carbocycles. The van der Waals surface area contributed by atoms with Crippen molar-refractivity contribution in [3.8, 4) is 0 Å². The van der Waals surface area contributed by atoms with Crippen LogP contribution >= 0.6 is 11.6 Å². The minimum atomic E-state index is 0.227. The molecule has 0 aliphatic heterocycles. The lowest BCUT2D eigenvalue weighted by atomic mass is 9.81. The van der Waals surface area contributed by atoms with E-state index >= 15 is 0 Å². The van der Waals surface area contributed by atoms with Crippen molar-refractivity contribution < 1.29 is 0 Å². The fourth-order valence-electron chi connectivity index (χ4n) is 2.67. The zero-order valence-electron chi connectivity index (χ0n) is 12.3. The van der Waals surface area contributed by atoms with Crippen LogP contribution in [0.5, 0.6) is 0 Å². The summed E-state index contributed by atoms with van der Waals surface area (Å²) in [6, 6.07) is 0. The SMILES string of the molecule is CCNc1nc(Cl)nc(NCCC2CCC(C)CC2)n1. The highest BCUT2D eigenvalue weighted by Gasteiger charge is 2.17. The number of anilines is 2. The molecule has 0 unspecified atom stereocenters. The minimum absolute atomic E-state index is 0.227. The summed E-state index contributed by atoms with van der Waals surface area (Å²) in [4.78, 5) is 12.4. The van der Waals surface area contributed by atoms with Crippen molar-refractivity contribution in [2.24, 2.45) is 11.8 Å². The summed E-state index contributed by atoms with van der Waals surface area (Å²) < 4.78 is 0. The van der Waals surface area contributed by atoms with E-state index in [1.807, 2.05) is 6.92 Å². The fourth-order valence-corrected chi connectivity index (χ4v) is 2.83. The summed E-state index contributed by atoms with van der Waals surface area (Å²) in [7, 11) is 0. The molecule has 0 atom stereocenters. The van der Waals surface area contributed by atoms with Gasteiger partial charge in [-0.25, -0.2) is 0 Å². The first-order valence-electron chi connectivity index (χ1n) is 7.56. The van der Waals surface area contributed by atoms with Crippen molar-refractivity contribution in [3.63, 3.8) is 0 Å². The number of nitrogens with one attached hydrogen (secondary N) is 2. The third kappa shape index (κ3) is 4.78. The number of rotatable bonds is 6. The van der Waals surface area contributed by atoms with Gasteiger partial charge in [0.2, 0.25) is 17.2 Å². The van der Waals surface area contributed by atoms with Gasteiger partial charge in [-0.3, -0.25) is 0 Å². The normalized spacial score (nSPS) is 22.6. The molecule has 1 aliphatic rings. The molecule has 0 amide bonds. The van der Waals surface area contributed by atoms with Crippen LogP contribution < -0.4 is 10.6 Å². The van der Waals surface area contributed by atoms with Crippen molar-refractivity contribution in [3.05, 3.63) is 5.28 Å². The van der Waals surface area contributed by atoms with Crippen molar-refractivity contribution in [1.29, 1.82) is 0 Å². The zero-order valence-corrected chi connectivity index (χ0v) is 13.1. The minimum Gasteiger partial charge on any atom is -0.354 e. The van der Waals surface area contributed by atoms with Gasteiger partial charge in [0.25, 0.3) is 0 Å². The maximum Gasteiger partial charge on any atom is 0.228 e. The molecule has 1 aromatic heterocycles. The quantitative estimate of drug-likeness (QED) is 0.840. The fraction of sp³-hybridized carbons (Fsp3) is 0.786. The summed E-state index contributed by atoms with van der Waals surface area (Å²) in [5, 5.41) is 6.53. The second-order valence-electron chi connectivity index (χ2n) is 5.62. The predicted octanol–water partition coefficient (Wildman–Crippen LogP) is 3.59. The van der Waals surface area contributed by atoms with Crippen molar-refractivity contribution in [1.82, 2.24) is 15.0 Å². The molecule has 0 radical (unpaired) electrons. The largest absolute Gasteiger partial charge is 0.354 e. The first-order valence-corrected chi connectivity index (χ1v) is 7.94. The molecule has 112 valence electrons. The van der Waals surface area contributed by atoms with Gasteiger partial charge in [0.1, 0.15) is 0 Å². The molecule has 6 heteroatoms. The summed E-state index contributed by atoms with van der Waals surface area (Å²) in [5.74, 6) is 2.83. The molecular weight excluding hydrogens is 274 g/mol. The van der Waals surface area contributed by atoms with E-state index in [9.17, 15) is 0 Å². The van der Waals surface area contributed by atoms with Crippen LogP contribution in [0.1, 0.15) is 46.0 Å². The van der Waals surface area contributed by atoms with Crippen molar-refractivity contribution >= 4 is 23.5 Å². The van der Waals surface area contributed by atoms with Gasteiger partial charge in [-0.1, -0.05) is 32.6 Å². The first kappa shape index (κ1) is 15.3. The Hall–Kier alpha value is -1.10. The summed E-state index contributed by atoms with van der Waals surface area (Å²) in [6.45, 7) is 6.00. The number of aromatic nitrogens is 3. The van der Waals surface area contributed by atoms with E-state index in [2.05, 4.69) is 32.5 Å². The average Bonchev–Trinajstić information content (AvgIpc) is 2.41. The molecule has 0 spiro atoms. The van der Waals surface area contributed by atoms with E-state index in [4.69, 9.17) is 11.6 Å².